The van der Waals surface area contributed by atoms with Crippen LogP contribution in [0.3, 0.4) is 0 Å². The summed E-state index contributed by atoms with van der Waals surface area (Å²) < 4.78 is 15.2. The predicted octanol–water partition coefficient (Wildman–Crippen LogP) is 2.04. The number of aromatic nitrogens is 6. The number of fused-ring (bicyclic) bond motifs is 2. The third kappa shape index (κ3) is 2.22. The van der Waals surface area contributed by atoms with Crippen LogP contribution < -0.4 is 9.47 Å². The Kier molecular flexibility index (Phi) is 2.96. The van der Waals surface area contributed by atoms with E-state index >= 15 is 0 Å². The summed E-state index contributed by atoms with van der Waals surface area (Å²) in [6, 6.07) is 11.4. The number of benzene rings is 1. The average Bonchev–Trinajstić information content (AvgIpc) is 3.27. The third-order valence-corrected chi connectivity index (χ3v) is 4.14. The molecule has 0 radical (unpaired) electrons. The van der Waals surface area contributed by atoms with Gasteiger partial charge in [-0.3, -0.25) is 4.68 Å². The Morgan fingerprint density at radius 3 is 2.72 bits per heavy atom. The number of aryl methyl sites for hydroxylation is 1. The molecule has 4 aromatic rings. The summed E-state index contributed by atoms with van der Waals surface area (Å²) in [5, 5.41) is 8.81. The fourth-order valence-corrected chi connectivity index (χ4v) is 2.91. The fraction of sp³-hybridized carbons (Fsp3) is 0.176. The van der Waals surface area contributed by atoms with Crippen LogP contribution in [0.25, 0.3) is 17.2 Å². The van der Waals surface area contributed by atoms with Crippen LogP contribution in [0.2, 0.25) is 0 Å². The van der Waals surface area contributed by atoms with E-state index in [0.717, 1.165) is 17.1 Å². The topological polar surface area (TPSA) is 79.4 Å². The molecule has 0 fully saturated rings. The lowest BCUT2D eigenvalue weighted by atomic mass is 10.2. The normalized spacial score (nSPS) is 16.3. The number of hydrogen-bond donors (Lipinski definition) is 0. The van der Waals surface area contributed by atoms with E-state index in [-0.39, 0.29) is 6.10 Å². The lowest BCUT2D eigenvalue weighted by molar-refractivity contribution is 0.0852. The molecule has 124 valence electrons. The maximum absolute atomic E-state index is 5.99. The molecule has 0 saturated heterocycles. The molecule has 8 nitrogen and oxygen atoms in total. The van der Waals surface area contributed by atoms with Crippen molar-refractivity contribution in [3.8, 4) is 22.9 Å². The van der Waals surface area contributed by atoms with Gasteiger partial charge in [0.25, 0.3) is 5.78 Å². The van der Waals surface area contributed by atoms with Gasteiger partial charge in [-0.05, 0) is 24.3 Å². The molecule has 25 heavy (non-hydrogen) atoms. The molecule has 1 aliphatic heterocycles. The minimum Gasteiger partial charge on any atom is -0.485 e. The lowest BCUT2D eigenvalue weighted by Gasteiger charge is -2.24. The van der Waals surface area contributed by atoms with Gasteiger partial charge in [0.15, 0.2) is 23.4 Å². The Hall–Kier alpha value is -3.42. The van der Waals surface area contributed by atoms with Crippen LogP contribution in [0, 0.1) is 0 Å². The zero-order valence-electron chi connectivity index (χ0n) is 13.4. The SMILES string of the molecule is Cn1nccc1-c1ccnc2nc(C3COc4ccccc4O3)nn12. The summed E-state index contributed by atoms with van der Waals surface area (Å²) in [4.78, 5) is 8.82. The van der Waals surface area contributed by atoms with Crippen molar-refractivity contribution in [2.24, 2.45) is 7.05 Å². The maximum Gasteiger partial charge on any atom is 0.253 e. The molecule has 1 aromatic carbocycles. The lowest BCUT2D eigenvalue weighted by Crippen LogP contribution is -2.22. The second-order valence-electron chi connectivity index (χ2n) is 5.72. The van der Waals surface area contributed by atoms with E-state index in [4.69, 9.17) is 9.47 Å². The van der Waals surface area contributed by atoms with E-state index in [1.807, 2.05) is 43.4 Å². The molecule has 1 atom stereocenters. The zero-order valence-corrected chi connectivity index (χ0v) is 13.4. The smallest absolute Gasteiger partial charge is 0.253 e. The third-order valence-electron chi connectivity index (χ3n) is 4.14. The second kappa shape index (κ2) is 5.30. The van der Waals surface area contributed by atoms with Crippen LogP contribution >= 0.6 is 0 Å². The summed E-state index contributed by atoms with van der Waals surface area (Å²) in [6.45, 7) is 0.356. The molecule has 3 aromatic heterocycles. The van der Waals surface area contributed by atoms with Gasteiger partial charge in [0, 0.05) is 19.4 Å². The molecule has 8 heteroatoms. The van der Waals surface area contributed by atoms with Gasteiger partial charge >= 0.3 is 0 Å². The number of rotatable bonds is 2. The zero-order chi connectivity index (χ0) is 16.8. The molecule has 0 aliphatic carbocycles. The molecule has 0 bridgehead atoms. The molecule has 1 aliphatic rings. The van der Waals surface area contributed by atoms with E-state index in [1.54, 1.807) is 21.6 Å². The second-order valence-corrected chi connectivity index (χ2v) is 5.72. The average molecular weight is 334 g/mol. The van der Waals surface area contributed by atoms with Crippen molar-refractivity contribution < 1.29 is 9.47 Å². The van der Waals surface area contributed by atoms with Gasteiger partial charge in [0.2, 0.25) is 0 Å². The van der Waals surface area contributed by atoms with E-state index in [0.29, 0.717) is 24.0 Å². The first kappa shape index (κ1) is 14.0. The van der Waals surface area contributed by atoms with Crippen molar-refractivity contribution in [1.82, 2.24) is 29.4 Å². The van der Waals surface area contributed by atoms with Crippen LogP contribution in [0.15, 0.2) is 48.8 Å². The van der Waals surface area contributed by atoms with E-state index in [1.165, 1.54) is 0 Å². The monoisotopic (exact) mass is 334 g/mol. The Balaban J connectivity index is 1.57. The molecule has 0 N–H and O–H groups in total. The van der Waals surface area contributed by atoms with Crippen molar-refractivity contribution in [3.05, 3.63) is 54.6 Å². The minimum atomic E-state index is -0.379. The Bertz CT molecular complexity index is 1070. The number of para-hydroxylation sites is 2. The highest BCUT2D eigenvalue weighted by atomic mass is 16.6. The summed E-state index contributed by atoms with van der Waals surface area (Å²) in [5.41, 5.74) is 1.79. The highest BCUT2D eigenvalue weighted by Crippen LogP contribution is 2.35. The first-order valence-corrected chi connectivity index (χ1v) is 7.88. The van der Waals surface area contributed by atoms with Gasteiger partial charge in [-0.25, -0.2) is 4.98 Å². The molecule has 1 unspecified atom stereocenters. The molecule has 5 rings (SSSR count). The molecule has 0 saturated carbocycles. The van der Waals surface area contributed by atoms with Crippen molar-refractivity contribution >= 4 is 5.78 Å². The molecule has 0 amide bonds. The van der Waals surface area contributed by atoms with Crippen LogP contribution in [0.1, 0.15) is 11.9 Å². The Morgan fingerprint density at radius 2 is 1.88 bits per heavy atom. The molecular formula is C17H14N6O2. The Morgan fingerprint density at radius 1 is 1.04 bits per heavy atom. The predicted molar refractivity (Wildman–Crippen MR) is 88.3 cm³/mol. The van der Waals surface area contributed by atoms with Crippen LogP contribution in [0.5, 0.6) is 11.5 Å². The van der Waals surface area contributed by atoms with E-state index in [9.17, 15) is 0 Å². The molecule has 0 spiro atoms. The van der Waals surface area contributed by atoms with E-state index in [2.05, 4.69) is 20.2 Å². The Labute approximate surface area is 142 Å². The molecular weight excluding hydrogens is 320 g/mol. The van der Waals surface area contributed by atoms with Crippen molar-refractivity contribution in [1.29, 1.82) is 0 Å². The number of hydrogen-bond acceptors (Lipinski definition) is 6. The summed E-state index contributed by atoms with van der Waals surface area (Å²) in [7, 11) is 1.88. The summed E-state index contributed by atoms with van der Waals surface area (Å²) >= 11 is 0. The van der Waals surface area contributed by atoms with Gasteiger partial charge in [-0.15, -0.1) is 5.10 Å². The van der Waals surface area contributed by atoms with Gasteiger partial charge < -0.3 is 9.47 Å². The van der Waals surface area contributed by atoms with Crippen molar-refractivity contribution in [3.63, 3.8) is 0 Å². The first-order valence-electron chi connectivity index (χ1n) is 7.88. The first-order chi connectivity index (χ1) is 12.3. The summed E-state index contributed by atoms with van der Waals surface area (Å²) in [5.74, 6) is 2.47. The van der Waals surface area contributed by atoms with E-state index < -0.39 is 0 Å². The van der Waals surface area contributed by atoms with Gasteiger partial charge in [-0.1, -0.05) is 12.1 Å². The van der Waals surface area contributed by atoms with Crippen LogP contribution in [-0.4, -0.2) is 36.0 Å². The van der Waals surface area contributed by atoms with Crippen LogP contribution in [0.4, 0.5) is 0 Å². The quantitative estimate of drug-likeness (QED) is 0.558. The van der Waals surface area contributed by atoms with Gasteiger partial charge in [0.05, 0.1) is 11.4 Å². The summed E-state index contributed by atoms with van der Waals surface area (Å²) in [6.07, 6.45) is 3.08. The standard InChI is InChI=1S/C17H14N6O2/c1-22-11(7-9-19-22)12-6-8-18-17-20-16(21-23(12)17)15-10-24-13-4-2-3-5-14(13)25-15/h2-9,15H,10H2,1H3. The minimum absolute atomic E-state index is 0.356. The van der Waals surface area contributed by atoms with Gasteiger partial charge in [0.1, 0.15) is 6.61 Å². The maximum atomic E-state index is 5.99. The highest BCUT2D eigenvalue weighted by molar-refractivity contribution is 5.57. The highest BCUT2D eigenvalue weighted by Gasteiger charge is 2.27. The molecule has 4 heterocycles. The van der Waals surface area contributed by atoms with Gasteiger partial charge in [-0.2, -0.15) is 14.6 Å². The van der Waals surface area contributed by atoms with Crippen LogP contribution in [-0.2, 0) is 7.05 Å². The largest absolute Gasteiger partial charge is 0.485 e. The fourth-order valence-electron chi connectivity index (χ4n) is 2.91. The van der Waals surface area contributed by atoms with Crippen molar-refractivity contribution in [2.75, 3.05) is 6.61 Å². The number of ether oxygens (including phenoxy) is 2. The van der Waals surface area contributed by atoms with Crippen molar-refractivity contribution in [2.45, 2.75) is 6.10 Å². The number of nitrogens with zero attached hydrogens (tertiary/aromatic N) is 6.